The van der Waals surface area contributed by atoms with Gasteiger partial charge in [-0.3, -0.25) is 20.2 Å². The van der Waals surface area contributed by atoms with Gasteiger partial charge in [0, 0.05) is 28.8 Å². The molecule has 2 aromatic carbocycles. The van der Waals surface area contributed by atoms with E-state index in [1.807, 2.05) is 48.5 Å². The lowest BCUT2D eigenvalue weighted by Crippen LogP contribution is -2.33. The minimum atomic E-state index is -0.583. The van der Waals surface area contributed by atoms with Gasteiger partial charge >= 0.3 is 0 Å². The fourth-order valence-electron chi connectivity index (χ4n) is 2.99. The van der Waals surface area contributed by atoms with E-state index in [1.165, 1.54) is 0 Å². The number of H-pyrrole nitrogens is 1. The number of amides is 1. The van der Waals surface area contributed by atoms with Crippen molar-refractivity contribution in [3.8, 4) is 0 Å². The number of carbonyl (C=O) groups is 1. The number of rotatable bonds is 6. The standard InChI is InChI=1S/C21H18ClN5O/c22-16-5-3-4-14(10-16)20(24-13-18-6-1-2-9-23-18)21(28)26-17-7-8-19-15(11-17)12-25-27-19/h1-12,20,24H,13H2,(H,25,27)(H,26,28). The first kappa shape index (κ1) is 18.2. The van der Waals surface area contributed by atoms with Crippen LogP contribution in [0.5, 0.6) is 0 Å². The van der Waals surface area contributed by atoms with Crippen molar-refractivity contribution < 1.29 is 4.79 Å². The number of benzene rings is 2. The lowest BCUT2D eigenvalue weighted by atomic mass is 10.1. The van der Waals surface area contributed by atoms with Gasteiger partial charge < -0.3 is 5.32 Å². The van der Waals surface area contributed by atoms with Crippen LogP contribution in [0.1, 0.15) is 17.3 Å². The number of aromatic nitrogens is 3. The molecule has 0 aliphatic heterocycles. The van der Waals surface area contributed by atoms with Crippen molar-refractivity contribution in [3.05, 3.63) is 89.3 Å². The summed E-state index contributed by atoms with van der Waals surface area (Å²) in [4.78, 5) is 17.4. The topological polar surface area (TPSA) is 82.7 Å². The number of nitrogens with zero attached hydrogens (tertiary/aromatic N) is 2. The van der Waals surface area contributed by atoms with Gasteiger partial charge in [0.15, 0.2) is 0 Å². The average Bonchev–Trinajstić information content (AvgIpc) is 3.17. The molecule has 0 bridgehead atoms. The van der Waals surface area contributed by atoms with Crippen LogP contribution in [0.4, 0.5) is 5.69 Å². The van der Waals surface area contributed by atoms with Crippen LogP contribution in [0.2, 0.25) is 5.02 Å². The predicted octanol–water partition coefficient (Wildman–Crippen LogP) is 4.08. The quantitative estimate of drug-likeness (QED) is 0.462. The fraction of sp³-hybridized carbons (Fsp3) is 0.0952. The number of halogens is 1. The van der Waals surface area contributed by atoms with Crippen LogP contribution in [-0.2, 0) is 11.3 Å². The third-order valence-corrected chi connectivity index (χ3v) is 4.60. The highest BCUT2D eigenvalue weighted by Gasteiger charge is 2.21. The Labute approximate surface area is 167 Å². The molecule has 0 aliphatic rings. The number of hydrogen-bond acceptors (Lipinski definition) is 4. The van der Waals surface area contributed by atoms with E-state index in [0.717, 1.165) is 22.2 Å². The summed E-state index contributed by atoms with van der Waals surface area (Å²) in [6, 6.07) is 18.0. The van der Waals surface area contributed by atoms with Crippen molar-refractivity contribution in [3.63, 3.8) is 0 Å². The molecule has 4 aromatic rings. The molecule has 0 spiro atoms. The minimum Gasteiger partial charge on any atom is -0.324 e. The van der Waals surface area contributed by atoms with Gasteiger partial charge in [0.05, 0.1) is 17.4 Å². The number of hydrogen-bond donors (Lipinski definition) is 3. The van der Waals surface area contributed by atoms with E-state index < -0.39 is 6.04 Å². The molecule has 1 atom stereocenters. The first-order chi connectivity index (χ1) is 13.7. The first-order valence-electron chi connectivity index (χ1n) is 8.82. The number of nitrogens with one attached hydrogen (secondary N) is 3. The average molecular weight is 392 g/mol. The number of carbonyl (C=O) groups excluding carboxylic acids is 1. The molecule has 6 nitrogen and oxygen atoms in total. The van der Waals surface area contributed by atoms with Gasteiger partial charge in [0.1, 0.15) is 6.04 Å². The molecule has 28 heavy (non-hydrogen) atoms. The van der Waals surface area contributed by atoms with Crippen molar-refractivity contribution in [1.82, 2.24) is 20.5 Å². The second-order valence-corrected chi connectivity index (χ2v) is 6.79. The highest BCUT2D eigenvalue weighted by atomic mass is 35.5. The SMILES string of the molecule is O=C(Nc1ccc2[nH]ncc2c1)C(NCc1ccccn1)c1cccc(Cl)c1. The van der Waals surface area contributed by atoms with Gasteiger partial charge in [-0.2, -0.15) is 5.10 Å². The van der Waals surface area contributed by atoms with E-state index >= 15 is 0 Å². The fourth-order valence-corrected chi connectivity index (χ4v) is 3.19. The zero-order valence-electron chi connectivity index (χ0n) is 14.9. The molecular weight excluding hydrogens is 374 g/mol. The van der Waals surface area contributed by atoms with E-state index in [9.17, 15) is 4.79 Å². The van der Waals surface area contributed by atoms with Crippen LogP contribution in [-0.4, -0.2) is 21.1 Å². The molecule has 3 N–H and O–H groups in total. The van der Waals surface area contributed by atoms with E-state index in [1.54, 1.807) is 24.5 Å². The summed E-state index contributed by atoms with van der Waals surface area (Å²) in [5, 5.41) is 14.7. The molecule has 2 aromatic heterocycles. The molecular formula is C21H18ClN5O. The highest BCUT2D eigenvalue weighted by Crippen LogP contribution is 2.22. The Kier molecular flexibility index (Phi) is 5.32. The maximum absolute atomic E-state index is 13.1. The molecule has 0 aliphatic carbocycles. The lowest BCUT2D eigenvalue weighted by molar-refractivity contribution is -0.118. The van der Waals surface area contributed by atoms with Crippen molar-refractivity contribution in [1.29, 1.82) is 0 Å². The Morgan fingerprint density at radius 1 is 1.11 bits per heavy atom. The molecule has 0 fully saturated rings. The minimum absolute atomic E-state index is 0.180. The van der Waals surface area contributed by atoms with Gasteiger partial charge in [-0.25, -0.2) is 0 Å². The number of pyridine rings is 1. The molecule has 1 unspecified atom stereocenters. The van der Waals surface area contributed by atoms with E-state index in [2.05, 4.69) is 25.8 Å². The third-order valence-electron chi connectivity index (χ3n) is 4.37. The van der Waals surface area contributed by atoms with Crippen LogP contribution in [0.15, 0.2) is 73.1 Å². The third kappa shape index (κ3) is 4.19. The Balaban J connectivity index is 1.56. The van der Waals surface area contributed by atoms with Crippen molar-refractivity contribution >= 4 is 34.1 Å². The lowest BCUT2D eigenvalue weighted by Gasteiger charge is -2.19. The van der Waals surface area contributed by atoms with E-state index in [-0.39, 0.29) is 5.91 Å². The summed E-state index contributed by atoms with van der Waals surface area (Å²) < 4.78 is 0. The van der Waals surface area contributed by atoms with E-state index in [4.69, 9.17) is 11.6 Å². The zero-order valence-corrected chi connectivity index (χ0v) is 15.6. The highest BCUT2D eigenvalue weighted by molar-refractivity contribution is 6.30. The van der Waals surface area contributed by atoms with Crippen LogP contribution < -0.4 is 10.6 Å². The summed E-state index contributed by atoms with van der Waals surface area (Å²) in [6.45, 7) is 0.451. The second-order valence-electron chi connectivity index (χ2n) is 6.35. The largest absolute Gasteiger partial charge is 0.324 e. The van der Waals surface area contributed by atoms with Gasteiger partial charge in [0.2, 0.25) is 5.91 Å². The Bertz CT molecular complexity index is 1100. The molecule has 0 saturated carbocycles. The maximum Gasteiger partial charge on any atom is 0.246 e. The smallest absolute Gasteiger partial charge is 0.246 e. The number of anilines is 1. The van der Waals surface area contributed by atoms with Gasteiger partial charge in [-0.15, -0.1) is 0 Å². The molecule has 7 heteroatoms. The molecule has 2 heterocycles. The first-order valence-corrected chi connectivity index (χ1v) is 9.19. The normalized spacial score (nSPS) is 12.0. The van der Waals surface area contributed by atoms with Crippen molar-refractivity contribution in [2.24, 2.45) is 0 Å². The van der Waals surface area contributed by atoms with Crippen LogP contribution in [0.25, 0.3) is 10.9 Å². The Hall–Kier alpha value is -3.22. The molecule has 0 radical (unpaired) electrons. The van der Waals surface area contributed by atoms with E-state index in [0.29, 0.717) is 17.3 Å². The van der Waals surface area contributed by atoms with Gasteiger partial charge in [-0.05, 0) is 48.0 Å². The van der Waals surface area contributed by atoms with Gasteiger partial charge in [0.25, 0.3) is 0 Å². The Morgan fingerprint density at radius 3 is 2.86 bits per heavy atom. The number of aromatic amines is 1. The summed E-state index contributed by atoms with van der Waals surface area (Å²) >= 11 is 6.14. The molecule has 140 valence electrons. The van der Waals surface area contributed by atoms with Crippen LogP contribution in [0.3, 0.4) is 0 Å². The second kappa shape index (κ2) is 8.21. The van der Waals surface area contributed by atoms with Crippen molar-refractivity contribution in [2.75, 3.05) is 5.32 Å². The van der Waals surface area contributed by atoms with Gasteiger partial charge in [-0.1, -0.05) is 29.8 Å². The van der Waals surface area contributed by atoms with Crippen molar-refractivity contribution in [2.45, 2.75) is 12.6 Å². The summed E-state index contributed by atoms with van der Waals surface area (Å²) in [5.41, 5.74) is 3.25. The van der Waals surface area contributed by atoms with Crippen LogP contribution >= 0.6 is 11.6 Å². The molecule has 1 amide bonds. The summed E-state index contributed by atoms with van der Waals surface area (Å²) in [7, 11) is 0. The maximum atomic E-state index is 13.1. The molecule has 4 rings (SSSR count). The molecule has 0 saturated heterocycles. The zero-order chi connectivity index (χ0) is 19.3. The summed E-state index contributed by atoms with van der Waals surface area (Å²) in [5.74, 6) is -0.180. The van der Waals surface area contributed by atoms with Crippen LogP contribution in [0, 0.1) is 0 Å². The Morgan fingerprint density at radius 2 is 2.04 bits per heavy atom. The summed E-state index contributed by atoms with van der Waals surface area (Å²) in [6.07, 6.45) is 3.45. The predicted molar refractivity (Wildman–Crippen MR) is 110 cm³/mol. The monoisotopic (exact) mass is 391 g/mol. The number of fused-ring (bicyclic) bond motifs is 1.